The highest BCUT2D eigenvalue weighted by Gasteiger charge is 2.43. The number of aromatic nitrogens is 1. The Hall–Kier alpha value is -3.03. The van der Waals surface area contributed by atoms with Crippen LogP contribution in [0.3, 0.4) is 0 Å². The monoisotopic (exact) mass is 479 g/mol. The molecule has 1 N–H and O–H groups in total. The maximum atomic E-state index is 13.9. The van der Waals surface area contributed by atoms with Crippen molar-refractivity contribution in [3.63, 3.8) is 0 Å². The molecule has 3 aromatic rings. The van der Waals surface area contributed by atoms with E-state index < -0.39 is 28.8 Å². The minimum Gasteiger partial charge on any atom is -0.496 e. The lowest BCUT2D eigenvalue weighted by atomic mass is 10.1. The number of alkyl halides is 3. The molecule has 0 amide bonds. The number of rotatable bonds is 7. The predicted octanol–water partition coefficient (Wildman–Crippen LogP) is 4.55. The lowest BCUT2D eigenvalue weighted by molar-refractivity contribution is -0.154. The van der Waals surface area contributed by atoms with E-state index in [0.717, 1.165) is 5.56 Å². The standard InChI is InChI=1S/C23H24F3N3O3S/c1-14-11-15(2)22(16(3)12-14)33(30,31)28-21(23(24,25)26)13-29-10-8-17-18(7-9-27)20(32-4)6-5-19(17)29/h5-6,8,10-12,21,28H,7,13H2,1-4H3. The van der Waals surface area contributed by atoms with Crippen molar-refractivity contribution in [1.82, 2.24) is 9.29 Å². The molecule has 0 saturated heterocycles. The van der Waals surface area contributed by atoms with Crippen LogP contribution in [0.2, 0.25) is 0 Å². The van der Waals surface area contributed by atoms with Gasteiger partial charge in [0.05, 0.1) is 24.5 Å². The number of nitriles is 1. The van der Waals surface area contributed by atoms with Crippen molar-refractivity contribution in [2.45, 2.75) is 50.9 Å². The highest BCUT2D eigenvalue weighted by molar-refractivity contribution is 7.89. The number of benzene rings is 2. The molecule has 1 aromatic heterocycles. The number of nitrogens with zero attached hydrogens (tertiary/aromatic N) is 2. The first-order chi connectivity index (χ1) is 15.4. The fraction of sp³-hybridized carbons (Fsp3) is 0.348. The zero-order valence-electron chi connectivity index (χ0n) is 18.6. The molecule has 33 heavy (non-hydrogen) atoms. The van der Waals surface area contributed by atoms with Gasteiger partial charge in [-0.3, -0.25) is 0 Å². The van der Waals surface area contributed by atoms with Gasteiger partial charge in [0.25, 0.3) is 0 Å². The first-order valence-corrected chi connectivity index (χ1v) is 11.6. The number of aryl methyl sites for hydroxylation is 3. The van der Waals surface area contributed by atoms with E-state index >= 15 is 0 Å². The molecule has 1 atom stereocenters. The quantitative estimate of drug-likeness (QED) is 0.539. The Morgan fingerprint density at radius 2 is 1.79 bits per heavy atom. The van der Waals surface area contributed by atoms with Crippen molar-refractivity contribution < 1.29 is 26.3 Å². The van der Waals surface area contributed by atoms with Crippen LogP contribution < -0.4 is 9.46 Å². The van der Waals surface area contributed by atoms with E-state index in [4.69, 9.17) is 10.00 Å². The first-order valence-electron chi connectivity index (χ1n) is 10.1. The van der Waals surface area contributed by atoms with Crippen LogP contribution in [0, 0.1) is 32.1 Å². The van der Waals surface area contributed by atoms with Crippen LogP contribution >= 0.6 is 0 Å². The summed E-state index contributed by atoms with van der Waals surface area (Å²) in [5.74, 6) is 0.459. The molecule has 0 spiro atoms. The minimum atomic E-state index is -4.84. The lowest BCUT2D eigenvalue weighted by Crippen LogP contribution is -2.48. The van der Waals surface area contributed by atoms with Gasteiger partial charge in [-0.05, 0) is 50.1 Å². The Morgan fingerprint density at radius 1 is 1.15 bits per heavy atom. The van der Waals surface area contributed by atoms with E-state index in [-0.39, 0.29) is 11.3 Å². The van der Waals surface area contributed by atoms with Crippen LogP contribution in [-0.2, 0) is 23.0 Å². The Bertz CT molecular complexity index is 1320. The summed E-state index contributed by atoms with van der Waals surface area (Å²) >= 11 is 0. The minimum absolute atomic E-state index is 0.0197. The van der Waals surface area contributed by atoms with Crippen molar-refractivity contribution in [2.75, 3.05) is 7.11 Å². The summed E-state index contributed by atoms with van der Waals surface area (Å²) in [5.41, 5.74) is 2.57. The van der Waals surface area contributed by atoms with E-state index in [9.17, 15) is 21.6 Å². The average molecular weight is 480 g/mol. The molecule has 3 rings (SSSR count). The lowest BCUT2D eigenvalue weighted by Gasteiger charge is -2.24. The van der Waals surface area contributed by atoms with E-state index in [1.54, 1.807) is 51.1 Å². The van der Waals surface area contributed by atoms with Gasteiger partial charge in [0.15, 0.2) is 0 Å². The fourth-order valence-electron chi connectivity index (χ4n) is 4.17. The van der Waals surface area contributed by atoms with Gasteiger partial charge in [0.2, 0.25) is 10.0 Å². The molecule has 0 bridgehead atoms. The molecular weight excluding hydrogens is 455 g/mol. The summed E-state index contributed by atoms with van der Waals surface area (Å²) in [6.45, 7) is 4.23. The second kappa shape index (κ2) is 9.08. The van der Waals surface area contributed by atoms with Crippen LogP contribution in [-0.4, -0.2) is 32.3 Å². The van der Waals surface area contributed by atoms with E-state index in [2.05, 4.69) is 0 Å². The molecule has 0 aliphatic heterocycles. The summed E-state index contributed by atoms with van der Waals surface area (Å²) in [4.78, 5) is -0.152. The third-order valence-electron chi connectivity index (χ3n) is 5.44. The third-order valence-corrected chi connectivity index (χ3v) is 7.22. The van der Waals surface area contributed by atoms with E-state index in [1.807, 2.05) is 10.8 Å². The molecule has 0 aliphatic rings. The van der Waals surface area contributed by atoms with Crippen molar-refractivity contribution in [1.29, 1.82) is 5.26 Å². The van der Waals surface area contributed by atoms with Crippen LogP contribution in [0.1, 0.15) is 22.3 Å². The number of hydrogen-bond acceptors (Lipinski definition) is 4. The molecule has 2 aromatic carbocycles. The van der Waals surface area contributed by atoms with Crippen LogP contribution in [0.4, 0.5) is 13.2 Å². The first kappa shape index (κ1) is 24.6. The van der Waals surface area contributed by atoms with Gasteiger partial charge in [0, 0.05) is 29.2 Å². The fourth-order valence-corrected chi connectivity index (χ4v) is 5.83. The average Bonchev–Trinajstić information content (AvgIpc) is 3.09. The van der Waals surface area contributed by atoms with Gasteiger partial charge in [-0.2, -0.15) is 23.2 Å². The SMILES string of the molecule is COc1ccc2c(ccn2CC(NS(=O)(=O)c2c(C)cc(C)cc2C)C(F)(F)F)c1CC#N. The molecule has 0 fully saturated rings. The zero-order valence-corrected chi connectivity index (χ0v) is 19.4. The number of methoxy groups -OCH3 is 1. The Balaban J connectivity index is 2.02. The van der Waals surface area contributed by atoms with E-state index in [0.29, 0.717) is 33.3 Å². The van der Waals surface area contributed by atoms with Crippen LogP contribution in [0.5, 0.6) is 5.75 Å². The number of sulfonamides is 1. The van der Waals surface area contributed by atoms with Gasteiger partial charge < -0.3 is 9.30 Å². The number of ether oxygens (including phenoxy) is 1. The summed E-state index contributed by atoms with van der Waals surface area (Å²) in [7, 11) is -3.00. The van der Waals surface area contributed by atoms with Gasteiger partial charge >= 0.3 is 6.18 Å². The van der Waals surface area contributed by atoms with Gasteiger partial charge in [0.1, 0.15) is 11.8 Å². The normalized spacial score (nSPS) is 13.2. The maximum absolute atomic E-state index is 13.9. The maximum Gasteiger partial charge on any atom is 0.406 e. The van der Waals surface area contributed by atoms with Gasteiger partial charge in [-0.1, -0.05) is 17.7 Å². The topological polar surface area (TPSA) is 84.1 Å². The molecule has 1 heterocycles. The van der Waals surface area contributed by atoms with E-state index in [1.165, 1.54) is 17.9 Å². The van der Waals surface area contributed by atoms with Crippen LogP contribution in [0.15, 0.2) is 41.4 Å². The van der Waals surface area contributed by atoms with Gasteiger partial charge in [-0.15, -0.1) is 0 Å². The number of hydrogen-bond donors (Lipinski definition) is 1. The van der Waals surface area contributed by atoms with Crippen molar-refractivity contribution in [3.05, 3.63) is 58.8 Å². The smallest absolute Gasteiger partial charge is 0.406 e. The summed E-state index contributed by atoms with van der Waals surface area (Å²) < 4.78 is 76.2. The third kappa shape index (κ3) is 4.99. The van der Waals surface area contributed by atoms with Crippen molar-refractivity contribution in [3.8, 4) is 11.8 Å². The highest BCUT2D eigenvalue weighted by atomic mass is 32.2. The number of nitrogens with one attached hydrogen (secondary N) is 1. The second-order valence-electron chi connectivity index (χ2n) is 7.93. The summed E-state index contributed by atoms with van der Waals surface area (Å²) in [6.07, 6.45) is -3.37. The summed E-state index contributed by atoms with van der Waals surface area (Å²) in [5, 5.41) is 9.69. The molecule has 176 valence electrons. The molecular formula is C23H24F3N3O3S. The molecule has 0 aliphatic carbocycles. The molecule has 0 radical (unpaired) electrons. The molecule has 0 saturated carbocycles. The molecule has 1 unspecified atom stereocenters. The van der Waals surface area contributed by atoms with Gasteiger partial charge in [-0.25, -0.2) is 8.42 Å². The number of fused-ring (bicyclic) bond motifs is 1. The van der Waals surface area contributed by atoms with Crippen molar-refractivity contribution in [2.24, 2.45) is 0 Å². The predicted molar refractivity (Wildman–Crippen MR) is 119 cm³/mol. The summed E-state index contributed by atoms with van der Waals surface area (Å²) in [6, 6.07) is 7.67. The Morgan fingerprint density at radius 3 is 2.33 bits per heavy atom. The Kier molecular flexibility index (Phi) is 6.77. The zero-order chi connectivity index (χ0) is 24.6. The number of halogens is 3. The molecule has 10 heteroatoms. The largest absolute Gasteiger partial charge is 0.496 e. The van der Waals surface area contributed by atoms with Crippen LogP contribution in [0.25, 0.3) is 10.9 Å². The van der Waals surface area contributed by atoms with Crippen molar-refractivity contribution >= 4 is 20.9 Å². The molecule has 6 nitrogen and oxygen atoms in total. The highest BCUT2D eigenvalue weighted by Crippen LogP contribution is 2.31. The Labute approximate surface area is 190 Å². The second-order valence-corrected chi connectivity index (χ2v) is 9.58.